The van der Waals surface area contributed by atoms with E-state index in [9.17, 15) is 0 Å². The number of nitrogens with zero attached hydrogens (tertiary/aromatic N) is 5. The molecule has 0 saturated carbocycles. The van der Waals surface area contributed by atoms with Crippen molar-refractivity contribution < 1.29 is 0 Å². The van der Waals surface area contributed by atoms with Gasteiger partial charge in [0.05, 0.1) is 10.7 Å². The number of halogens is 1. The van der Waals surface area contributed by atoms with Crippen LogP contribution in [0.25, 0.3) is 10.8 Å². The van der Waals surface area contributed by atoms with Crippen LogP contribution in [-0.2, 0) is 0 Å². The standard InChI is InChI=1S/C16H16BrN7/c17-11-7-19-16(20-8-11)22-13-3-4-24(9-13)15-14-2-1-12(18)5-10(14)6-21-23-15/h1-2,5-8,13H,3-4,9,18H2,(H,19,20,22). The second kappa shape index (κ2) is 6.20. The summed E-state index contributed by atoms with van der Waals surface area (Å²) in [4.78, 5) is 10.8. The Bertz CT molecular complexity index is 868. The maximum Gasteiger partial charge on any atom is 0.222 e. The fraction of sp³-hybridized carbons (Fsp3) is 0.250. The molecule has 1 unspecified atom stereocenters. The van der Waals surface area contributed by atoms with E-state index in [2.05, 4.69) is 46.3 Å². The maximum atomic E-state index is 5.86. The largest absolute Gasteiger partial charge is 0.399 e. The lowest BCUT2D eigenvalue weighted by molar-refractivity contribution is 0.790. The highest BCUT2D eigenvalue weighted by molar-refractivity contribution is 9.10. The first kappa shape index (κ1) is 15.1. The molecule has 3 heterocycles. The normalized spacial score (nSPS) is 17.4. The lowest BCUT2D eigenvalue weighted by Crippen LogP contribution is -2.27. The van der Waals surface area contributed by atoms with Crippen molar-refractivity contribution in [2.75, 3.05) is 29.0 Å². The summed E-state index contributed by atoms with van der Waals surface area (Å²) >= 11 is 3.34. The number of rotatable bonds is 3. The molecule has 0 bridgehead atoms. The Hall–Kier alpha value is -2.48. The van der Waals surface area contributed by atoms with Gasteiger partial charge in [0.2, 0.25) is 5.95 Å². The summed E-state index contributed by atoms with van der Waals surface area (Å²) in [6.45, 7) is 1.74. The molecule has 0 spiro atoms. The Kier molecular flexibility index (Phi) is 3.89. The molecule has 0 aliphatic carbocycles. The van der Waals surface area contributed by atoms with Gasteiger partial charge in [-0.3, -0.25) is 0 Å². The van der Waals surface area contributed by atoms with Crippen molar-refractivity contribution in [3.8, 4) is 0 Å². The third kappa shape index (κ3) is 2.96. The molecule has 1 aromatic carbocycles. The minimum Gasteiger partial charge on any atom is -0.399 e. The van der Waals surface area contributed by atoms with E-state index >= 15 is 0 Å². The van der Waals surface area contributed by atoms with E-state index in [-0.39, 0.29) is 6.04 Å². The topological polar surface area (TPSA) is 92.8 Å². The molecule has 1 aliphatic heterocycles. The first-order valence-corrected chi connectivity index (χ1v) is 8.48. The van der Waals surface area contributed by atoms with Crippen LogP contribution in [0.1, 0.15) is 6.42 Å². The second-order valence-electron chi connectivity index (χ2n) is 5.82. The monoisotopic (exact) mass is 385 g/mol. The number of nitrogens with one attached hydrogen (secondary N) is 1. The number of aromatic nitrogens is 4. The summed E-state index contributed by atoms with van der Waals surface area (Å²) in [5.41, 5.74) is 6.59. The van der Waals surface area contributed by atoms with Crippen LogP contribution < -0.4 is 16.0 Å². The highest BCUT2D eigenvalue weighted by Gasteiger charge is 2.25. The highest BCUT2D eigenvalue weighted by atomic mass is 79.9. The zero-order valence-corrected chi connectivity index (χ0v) is 14.4. The molecule has 4 rings (SSSR count). The number of hydrogen-bond acceptors (Lipinski definition) is 7. The third-order valence-electron chi connectivity index (χ3n) is 4.11. The first-order valence-electron chi connectivity index (χ1n) is 7.69. The van der Waals surface area contributed by atoms with Gasteiger partial charge in [-0.1, -0.05) is 0 Å². The minimum atomic E-state index is 0.275. The van der Waals surface area contributed by atoms with Gasteiger partial charge in [-0.05, 0) is 40.5 Å². The van der Waals surface area contributed by atoms with Crippen LogP contribution in [0.2, 0.25) is 0 Å². The molecule has 7 nitrogen and oxygen atoms in total. The molecular formula is C16H16BrN7. The van der Waals surface area contributed by atoms with Crippen LogP contribution in [-0.4, -0.2) is 39.3 Å². The lowest BCUT2D eigenvalue weighted by atomic mass is 10.1. The molecule has 0 radical (unpaired) electrons. The van der Waals surface area contributed by atoms with Crippen molar-refractivity contribution in [3.05, 3.63) is 41.3 Å². The Balaban J connectivity index is 1.53. The molecule has 24 heavy (non-hydrogen) atoms. The van der Waals surface area contributed by atoms with Gasteiger partial charge in [0.1, 0.15) is 0 Å². The smallest absolute Gasteiger partial charge is 0.222 e. The van der Waals surface area contributed by atoms with Crippen molar-refractivity contribution in [1.82, 2.24) is 20.2 Å². The molecule has 2 aromatic heterocycles. The summed E-state index contributed by atoms with van der Waals surface area (Å²) in [7, 11) is 0. The average Bonchev–Trinajstić information content (AvgIpc) is 3.04. The minimum absolute atomic E-state index is 0.275. The van der Waals surface area contributed by atoms with E-state index in [1.54, 1.807) is 18.6 Å². The Morgan fingerprint density at radius 2 is 2.04 bits per heavy atom. The zero-order chi connectivity index (χ0) is 16.5. The number of nitrogens with two attached hydrogens (primary N) is 1. The number of benzene rings is 1. The number of anilines is 3. The van der Waals surface area contributed by atoms with Gasteiger partial charge < -0.3 is 16.0 Å². The summed E-state index contributed by atoms with van der Waals surface area (Å²) in [6, 6.07) is 6.11. The van der Waals surface area contributed by atoms with Gasteiger partial charge in [0, 0.05) is 48.0 Å². The van der Waals surface area contributed by atoms with E-state index in [4.69, 9.17) is 5.73 Å². The molecule has 3 N–H and O–H groups in total. The maximum absolute atomic E-state index is 5.86. The molecule has 122 valence electrons. The molecule has 1 fully saturated rings. The van der Waals surface area contributed by atoms with E-state index in [1.807, 2.05) is 18.2 Å². The fourth-order valence-electron chi connectivity index (χ4n) is 2.96. The molecule has 1 aliphatic rings. The van der Waals surface area contributed by atoms with Gasteiger partial charge in [0.15, 0.2) is 5.82 Å². The van der Waals surface area contributed by atoms with Crippen LogP contribution in [0.5, 0.6) is 0 Å². The van der Waals surface area contributed by atoms with Crippen molar-refractivity contribution in [2.24, 2.45) is 0 Å². The number of hydrogen-bond donors (Lipinski definition) is 2. The number of nitrogen functional groups attached to an aromatic ring is 1. The van der Waals surface area contributed by atoms with Gasteiger partial charge in [0.25, 0.3) is 0 Å². The quantitative estimate of drug-likeness (QED) is 0.668. The Labute approximate surface area is 147 Å². The van der Waals surface area contributed by atoms with Crippen LogP contribution in [0.3, 0.4) is 0 Å². The molecule has 0 amide bonds. The van der Waals surface area contributed by atoms with E-state index in [0.717, 1.165) is 46.3 Å². The summed E-state index contributed by atoms with van der Waals surface area (Å²) in [5.74, 6) is 1.54. The van der Waals surface area contributed by atoms with Crippen molar-refractivity contribution in [3.63, 3.8) is 0 Å². The van der Waals surface area contributed by atoms with Gasteiger partial charge in [-0.25, -0.2) is 9.97 Å². The molecule has 1 atom stereocenters. The predicted molar refractivity (Wildman–Crippen MR) is 97.9 cm³/mol. The SMILES string of the molecule is Nc1ccc2c(N3CCC(Nc4ncc(Br)cn4)C3)nncc2c1. The fourth-order valence-corrected chi connectivity index (χ4v) is 3.17. The van der Waals surface area contributed by atoms with Crippen molar-refractivity contribution >= 4 is 44.2 Å². The van der Waals surface area contributed by atoms with Crippen LogP contribution in [0, 0.1) is 0 Å². The van der Waals surface area contributed by atoms with E-state index in [1.165, 1.54) is 0 Å². The Morgan fingerprint density at radius 3 is 2.88 bits per heavy atom. The molecule has 8 heteroatoms. The second-order valence-corrected chi connectivity index (χ2v) is 6.73. The average molecular weight is 386 g/mol. The van der Waals surface area contributed by atoms with Crippen LogP contribution in [0.15, 0.2) is 41.3 Å². The van der Waals surface area contributed by atoms with Crippen molar-refractivity contribution in [2.45, 2.75) is 12.5 Å². The number of fused-ring (bicyclic) bond motifs is 1. The van der Waals surface area contributed by atoms with Gasteiger partial charge in [-0.2, -0.15) is 5.10 Å². The van der Waals surface area contributed by atoms with Gasteiger partial charge in [-0.15, -0.1) is 5.10 Å². The molecular weight excluding hydrogens is 370 g/mol. The van der Waals surface area contributed by atoms with Crippen molar-refractivity contribution in [1.29, 1.82) is 0 Å². The summed E-state index contributed by atoms with van der Waals surface area (Å²) in [5, 5.41) is 13.9. The molecule has 1 saturated heterocycles. The van der Waals surface area contributed by atoms with Crippen LogP contribution >= 0.6 is 15.9 Å². The third-order valence-corrected chi connectivity index (χ3v) is 4.52. The van der Waals surface area contributed by atoms with Gasteiger partial charge >= 0.3 is 0 Å². The Morgan fingerprint density at radius 1 is 1.21 bits per heavy atom. The summed E-state index contributed by atoms with van der Waals surface area (Å²) < 4.78 is 0.867. The summed E-state index contributed by atoms with van der Waals surface area (Å²) in [6.07, 6.45) is 6.22. The van der Waals surface area contributed by atoms with E-state index < -0.39 is 0 Å². The lowest BCUT2D eigenvalue weighted by Gasteiger charge is -2.19. The van der Waals surface area contributed by atoms with E-state index in [0.29, 0.717) is 5.95 Å². The van der Waals surface area contributed by atoms with Crippen LogP contribution in [0.4, 0.5) is 17.5 Å². The zero-order valence-electron chi connectivity index (χ0n) is 12.9. The predicted octanol–water partition coefficient (Wildman–Crippen LogP) is 2.46. The first-order chi connectivity index (χ1) is 11.7. The highest BCUT2D eigenvalue weighted by Crippen LogP contribution is 2.28. The molecule has 3 aromatic rings.